The summed E-state index contributed by atoms with van der Waals surface area (Å²) in [6, 6.07) is 10.2. The number of nitrogens with zero attached hydrogens (tertiary/aromatic N) is 1. The van der Waals surface area contributed by atoms with Crippen molar-refractivity contribution in [3.63, 3.8) is 0 Å². The van der Waals surface area contributed by atoms with Gasteiger partial charge in [0.2, 0.25) is 0 Å². The Balaban J connectivity index is 1.96. The second-order valence-corrected chi connectivity index (χ2v) is 5.19. The molecule has 0 bridgehead atoms. The summed E-state index contributed by atoms with van der Waals surface area (Å²) in [6.45, 7) is 5.53. The summed E-state index contributed by atoms with van der Waals surface area (Å²) in [7, 11) is 2.21. The van der Waals surface area contributed by atoms with Gasteiger partial charge in [-0.15, -0.1) is 0 Å². The molecule has 0 amide bonds. The van der Waals surface area contributed by atoms with Crippen molar-refractivity contribution in [2.75, 3.05) is 18.5 Å². The minimum Gasteiger partial charge on any atom is -0.370 e. The quantitative estimate of drug-likeness (QED) is 0.811. The highest BCUT2D eigenvalue weighted by atomic mass is 15.2. The zero-order valence-electron chi connectivity index (χ0n) is 11.2. The second-order valence-electron chi connectivity index (χ2n) is 5.19. The largest absolute Gasteiger partial charge is 0.370 e. The van der Waals surface area contributed by atoms with Crippen molar-refractivity contribution in [1.82, 2.24) is 5.32 Å². The monoisotopic (exact) mass is 232 g/mol. The number of benzene rings is 1. The van der Waals surface area contributed by atoms with Gasteiger partial charge in [0.15, 0.2) is 0 Å². The van der Waals surface area contributed by atoms with E-state index in [1.807, 2.05) is 0 Å². The van der Waals surface area contributed by atoms with Gasteiger partial charge in [-0.3, -0.25) is 0 Å². The standard InChI is InChI=1S/C15H24N2/c1-4-14(11-16-13-8-9-13)17(3)15-7-5-6-12(2)10-15/h5-7,10,13-14,16H,4,8-9,11H2,1-3H3. The van der Waals surface area contributed by atoms with Gasteiger partial charge in [0.1, 0.15) is 0 Å². The van der Waals surface area contributed by atoms with Crippen molar-refractivity contribution in [2.45, 2.75) is 45.2 Å². The first kappa shape index (κ1) is 12.4. The zero-order chi connectivity index (χ0) is 12.3. The van der Waals surface area contributed by atoms with E-state index in [-0.39, 0.29) is 0 Å². The molecule has 0 aromatic heterocycles. The molecule has 0 aliphatic heterocycles. The number of likely N-dealkylation sites (N-methyl/N-ethyl adjacent to an activating group) is 1. The molecule has 0 radical (unpaired) electrons. The third-order valence-electron chi connectivity index (χ3n) is 3.65. The summed E-state index contributed by atoms with van der Waals surface area (Å²) < 4.78 is 0. The Hall–Kier alpha value is -1.02. The minimum absolute atomic E-state index is 0.595. The second kappa shape index (κ2) is 5.54. The van der Waals surface area contributed by atoms with Gasteiger partial charge in [-0.1, -0.05) is 19.1 Å². The Morgan fingerprint density at radius 1 is 1.41 bits per heavy atom. The van der Waals surface area contributed by atoms with E-state index in [4.69, 9.17) is 0 Å². The summed E-state index contributed by atoms with van der Waals surface area (Å²) in [5, 5.41) is 3.63. The molecule has 2 nitrogen and oxygen atoms in total. The molecule has 1 fully saturated rings. The maximum absolute atomic E-state index is 3.63. The predicted molar refractivity (Wildman–Crippen MR) is 74.7 cm³/mol. The Bertz CT molecular complexity index is 358. The van der Waals surface area contributed by atoms with E-state index < -0.39 is 0 Å². The maximum atomic E-state index is 3.63. The van der Waals surface area contributed by atoms with Crippen LogP contribution in [-0.2, 0) is 0 Å². The summed E-state index contributed by atoms with van der Waals surface area (Å²) in [5.41, 5.74) is 2.66. The Morgan fingerprint density at radius 3 is 2.76 bits per heavy atom. The molecule has 1 unspecified atom stereocenters. The van der Waals surface area contributed by atoms with Crippen molar-refractivity contribution in [2.24, 2.45) is 0 Å². The van der Waals surface area contributed by atoms with Crippen LogP contribution >= 0.6 is 0 Å². The maximum Gasteiger partial charge on any atom is 0.0408 e. The van der Waals surface area contributed by atoms with Crippen molar-refractivity contribution in [1.29, 1.82) is 0 Å². The van der Waals surface area contributed by atoms with E-state index in [1.165, 1.54) is 30.5 Å². The summed E-state index contributed by atoms with van der Waals surface area (Å²) in [4.78, 5) is 2.41. The molecule has 1 aliphatic carbocycles. The molecule has 2 heteroatoms. The van der Waals surface area contributed by atoms with Gasteiger partial charge < -0.3 is 10.2 Å². The van der Waals surface area contributed by atoms with Crippen LogP contribution in [0.4, 0.5) is 5.69 Å². The number of hydrogen-bond acceptors (Lipinski definition) is 2. The van der Waals surface area contributed by atoms with Crippen molar-refractivity contribution < 1.29 is 0 Å². The fourth-order valence-corrected chi connectivity index (χ4v) is 2.20. The van der Waals surface area contributed by atoms with Crippen LogP contribution in [-0.4, -0.2) is 25.7 Å². The van der Waals surface area contributed by atoms with Crippen LogP contribution in [0.5, 0.6) is 0 Å². The van der Waals surface area contributed by atoms with E-state index in [0.29, 0.717) is 6.04 Å². The van der Waals surface area contributed by atoms with Gasteiger partial charge >= 0.3 is 0 Å². The number of nitrogens with one attached hydrogen (secondary N) is 1. The van der Waals surface area contributed by atoms with Crippen LogP contribution in [0.3, 0.4) is 0 Å². The highest BCUT2D eigenvalue weighted by Gasteiger charge is 2.22. The molecule has 1 atom stereocenters. The number of aryl methyl sites for hydroxylation is 1. The molecule has 0 spiro atoms. The molecule has 2 rings (SSSR count). The molecular formula is C15H24N2. The topological polar surface area (TPSA) is 15.3 Å². The third-order valence-corrected chi connectivity index (χ3v) is 3.65. The van der Waals surface area contributed by atoms with Crippen LogP contribution in [0.1, 0.15) is 31.7 Å². The molecule has 0 saturated heterocycles. The first-order valence-electron chi connectivity index (χ1n) is 6.73. The van der Waals surface area contributed by atoms with Gasteiger partial charge in [-0.05, 0) is 43.9 Å². The van der Waals surface area contributed by atoms with E-state index >= 15 is 0 Å². The smallest absolute Gasteiger partial charge is 0.0408 e. The summed E-state index contributed by atoms with van der Waals surface area (Å²) >= 11 is 0. The van der Waals surface area contributed by atoms with E-state index in [9.17, 15) is 0 Å². The highest BCUT2D eigenvalue weighted by Crippen LogP contribution is 2.21. The minimum atomic E-state index is 0.595. The van der Waals surface area contributed by atoms with Crippen LogP contribution in [0.25, 0.3) is 0 Å². The Kier molecular flexibility index (Phi) is 4.06. The van der Waals surface area contributed by atoms with Crippen LogP contribution < -0.4 is 10.2 Å². The molecule has 1 aliphatic rings. The lowest BCUT2D eigenvalue weighted by Gasteiger charge is -2.30. The van der Waals surface area contributed by atoms with Gasteiger partial charge in [-0.25, -0.2) is 0 Å². The van der Waals surface area contributed by atoms with Gasteiger partial charge in [0.25, 0.3) is 0 Å². The fraction of sp³-hybridized carbons (Fsp3) is 0.600. The van der Waals surface area contributed by atoms with Crippen molar-refractivity contribution >= 4 is 5.69 Å². The highest BCUT2D eigenvalue weighted by molar-refractivity contribution is 5.48. The molecule has 1 aromatic rings. The lowest BCUT2D eigenvalue weighted by atomic mass is 10.1. The Labute approximate surface area is 105 Å². The average Bonchev–Trinajstić information content (AvgIpc) is 3.13. The molecular weight excluding hydrogens is 208 g/mol. The first-order chi connectivity index (χ1) is 8.20. The van der Waals surface area contributed by atoms with E-state index in [2.05, 4.69) is 55.4 Å². The van der Waals surface area contributed by atoms with Gasteiger partial charge in [0, 0.05) is 31.4 Å². The number of anilines is 1. The number of rotatable bonds is 6. The zero-order valence-corrected chi connectivity index (χ0v) is 11.2. The lowest BCUT2D eigenvalue weighted by Crippen LogP contribution is -2.40. The normalized spacial score (nSPS) is 16.9. The summed E-state index contributed by atoms with van der Waals surface area (Å²) in [6.07, 6.45) is 3.92. The van der Waals surface area contributed by atoms with E-state index in [0.717, 1.165) is 12.6 Å². The third kappa shape index (κ3) is 3.47. The van der Waals surface area contributed by atoms with Crippen molar-refractivity contribution in [3.05, 3.63) is 29.8 Å². The van der Waals surface area contributed by atoms with Gasteiger partial charge in [-0.2, -0.15) is 0 Å². The molecule has 1 saturated carbocycles. The SMILES string of the molecule is CCC(CNC1CC1)N(C)c1cccc(C)c1. The fourth-order valence-electron chi connectivity index (χ4n) is 2.20. The molecule has 17 heavy (non-hydrogen) atoms. The average molecular weight is 232 g/mol. The lowest BCUT2D eigenvalue weighted by molar-refractivity contribution is 0.539. The molecule has 1 N–H and O–H groups in total. The predicted octanol–water partition coefficient (Wildman–Crippen LogP) is 2.96. The Morgan fingerprint density at radius 2 is 2.18 bits per heavy atom. The van der Waals surface area contributed by atoms with Crippen molar-refractivity contribution in [3.8, 4) is 0 Å². The molecule has 94 valence electrons. The van der Waals surface area contributed by atoms with Gasteiger partial charge in [0.05, 0.1) is 0 Å². The van der Waals surface area contributed by atoms with Crippen LogP contribution in [0.15, 0.2) is 24.3 Å². The summed E-state index contributed by atoms with van der Waals surface area (Å²) in [5.74, 6) is 0. The van der Waals surface area contributed by atoms with Crippen LogP contribution in [0.2, 0.25) is 0 Å². The number of hydrogen-bond donors (Lipinski definition) is 1. The first-order valence-corrected chi connectivity index (χ1v) is 6.73. The molecule has 0 heterocycles. The molecule has 1 aromatic carbocycles. The van der Waals surface area contributed by atoms with Crippen LogP contribution in [0, 0.1) is 6.92 Å². The van der Waals surface area contributed by atoms with E-state index in [1.54, 1.807) is 0 Å².